The van der Waals surface area contributed by atoms with Gasteiger partial charge in [-0.1, -0.05) is 0 Å². The minimum atomic E-state index is -0.485. The number of aromatic nitrogens is 2. The number of furan rings is 1. The van der Waals surface area contributed by atoms with Crippen molar-refractivity contribution in [2.24, 2.45) is 0 Å². The number of methoxy groups -OCH3 is 1. The molecule has 6 nitrogen and oxygen atoms in total. The summed E-state index contributed by atoms with van der Waals surface area (Å²) in [6, 6.07) is 5.64. The van der Waals surface area contributed by atoms with Crippen molar-refractivity contribution in [3.63, 3.8) is 0 Å². The summed E-state index contributed by atoms with van der Waals surface area (Å²) in [6.45, 7) is 3.05. The van der Waals surface area contributed by atoms with Crippen molar-refractivity contribution in [2.75, 3.05) is 26.8 Å². The van der Waals surface area contributed by atoms with Gasteiger partial charge in [0.1, 0.15) is 5.76 Å². The lowest BCUT2D eigenvalue weighted by atomic mass is 10.3. The molecule has 1 atom stereocenters. The van der Waals surface area contributed by atoms with Gasteiger partial charge in [0.15, 0.2) is 0 Å². The monoisotopic (exact) mass is 279 g/mol. The van der Waals surface area contributed by atoms with Crippen molar-refractivity contribution < 1.29 is 14.3 Å². The summed E-state index contributed by atoms with van der Waals surface area (Å²) in [5.41, 5.74) is 0. The largest absolute Gasteiger partial charge is 0.468 e. The molecule has 0 radical (unpaired) electrons. The fourth-order valence-corrected chi connectivity index (χ4v) is 2.06. The van der Waals surface area contributed by atoms with Crippen LogP contribution >= 0.6 is 0 Å². The van der Waals surface area contributed by atoms with Gasteiger partial charge in [0.2, 0.25) is 0 Å². The van der Waals surface area contributed by atoms with Crippen LogP contribution in [-0.2, 0) is 17.8 Å². The van der Waals surface area contributed by atoms with Gasteiger partial charge in [-0.15, -0.1) is 0 Å². The highest BCUT2D eigenvalue weighted by Crippen LogP contribution is 2.06. The molecule has 0 fully saturated rings. The van der Waals surface area contributed by atoms with Crippen molar-refractivity contribution in [2.45, 2.75) is 19.2 Å². The maximum atomic E-state index is 10.1. The van der Waals surface area contributed by atoms with Crippen LogP contribution < -0.4 is 0 Å². The van der Waals surface area contributed by atoms with Crippen molar-refractivity contribution in [3.8, 4) is 0 Å². The van der Waals surface area contributed by atoms with Gasteiger partial charge in [0.25, 0.3) is 0 Å². The van der Waals surface area contributed by atoms with Crippen LogP contribution in [0.4, 0.5) is 0 Å². The van der Waals surface area contributed by atoms with E-state index in [1.165, 1.54) is 0 Å². The van der Waals surface area contributed by atoms with Gasteiger partial charge >= 0.3 is 0 Å². The number of hydrogen-bond donors (Lipinski definition) is 1. The van der Waals surface area contributed by atoms with Gasteiger partial charge < -0.3 is 14.3 Å². The van der Waals surface area contributed by atoms with Gasteiger partial charge in [-0.3, -0.25) is 9.58 Å². The van der Waals surface area contributed by atoms with Crippen LogP contribution in [0.15, 0.2) is 41.3 Å². The van der Waals surface area contributed by atoms with Gasteiger partial charge in [-0.05, 0) is 18.2 Å². The van der Waals surface area contributed by atoms with Crippen molar-refractivity contribution in [1.29, 1.82) is 0 Å². The molecular weight excluding hydrogens is 258 g/mol. The molecule has 2 aromatic heterocycles. The van der Waals surface area contributed by atoms with E-state index in [0.29, 0.717) is 26.2 Å². The third-order valence-corrected chi connectivity index (χ3v) is 3.00. The van der Waals surface area contributed by atoms with Crippen molar-refractivity contribution >= 4 is 0 Å². The third-order valence-electron chi connectivity index (χ3n) is 3.00. The molecule has 0 amide bonds. The SMILES string of the molecule is COCCN(Cc1ccco1)CC(O)Cn1cccn1. The van der Waals surface area contributed by atoms with E-state index < -0.39 is 6.10 Å². The second-order valence-electron chi connectivity index (χ2n) is 4.69. The quantitative estimate of drug-likeness (QED) is 0.741. The zero-order valence-electron chi connectivity index (χ0n) is 11.7. The number of aliphatic hydroxyl groups excluding tert-OH is 1. The first-order chi connectivity index (χ1) is 9.78. The summed E-state index contributed by atoms with van der Waals surface area (Å²) in [6.07, 6.45) is 4.72. The number of aliphatic hydroxyl groups is 1. The molecule has 0 saturated heterocycles. The molecule has 0 aliphatic heterocycles. The lowest BCUT2D eigenvalue weighted by Crippen LogP contribution is -2.36. The minimum Gasteiger partial charge on any atom is -0.468 e. The normalized spacial score (nSPS) is 12.9. The van der Waals surface area contributed by atoms with Crippen molar-refractivity contribution in [3.05, 3.63) is 42.6 Å². The molecule has 0 spiro atoms. The second kappa shape index (κ2) is 7.84. The summed E-state index contributed by atoms with van der Waals surface area (Å²) in [5, 5.41) is 14.2. The third kappa shape index (κ3) is 4.80. The highest BCUT2D eigenvalue weighted by molar-refractivity contribution is 4.98. The average molecular weight is 279 g/mol. The molecule has 1 N–H and O–H groups in total. The molecule has 2 aromatic rings. The first-order valence-corrected chi connectivity index (χ1v) is 6.67. The minimum absolute atomic E-state index is 0.481. The highest BCUT2D eigenvalue weighted by atomic mass is 16.5. The first kappa shape index (κ1) is 14.8. The van der Waals surface area contributed by atoms with E-state index in [0.717, 1.165) is 12.3 Å². The van der Waals surface area contributed by atoms with Gasteiger partial charge in [0, 0.05) is 32.6 Å². The molecule has 0 bridgehead atoms. The molecule has 2 heterocycles. The predicted octanol–water partition coefficient (Wildman–Crippen LogP) is 0.986. The fraction of sp³-hybridized carbons (Fsp3) is 0.500. The Kier molecular flexibility index (Phi) is 5.79. The molecule has 0 aromatic carbocycles. The Bertz CT molecular complexity index is 456. The van der Waals surface area contributed by atoms with E-state index in [-0.39, 0.29) is 0 Å². The fourth-order valence-electron chi connectivity index (χ4n) is 2.06. The smallest absolute Gasteiger partial charge is 0.117 e. The molecule has 20 heavy (non-hydrogen) atoms. The van der Waals surface area contributed by atoms with Gasteiger partial charge in [-0.25, -0.2) is 0 Å². The van der Waals surface area contributed by atoms with Crippen LogP contribution in [0.2, 0.25) is 0 Å². The maximum Gasteiger partial charge on any atom is 0.117 e. The Balaban J connectivity index is 1.85. The molecule has 0 aliphatic rings. The lowest BCUT2D eigenvalue weighted by Gasteiger charge is -2.23. The summed E-state index contributed by atoms with van der Waals surface area (Å²) in [7, 11) is 1.67. The van der Waals surface area contributed by atoms with Crippen LogP contribution in [0.5, 0.6) is 0 Å². The van der Waals surface area contributed by atoms with Crippen molar-refractivity contribution in [1.82, 2.24) is 14.7 Å². The van der Waals surface area contributed by atoms with Crippen LogP contribution in [-0.4, -0.2) is 52.7 Å². The molecule has 2 rings (SSSR count). The highest BCUT2D eigenvalue weighted by Gasteiger charge is 2.14. The average Bonchev–Trinajstić information content (AvgIpc) is 3.09. The number of hydrogen-bond acceptors (Lipinski definition) is 5. The standard InChI is InChI=1S/C14H21N3O3/c1-19-9-7-16(12-14-4-2-8-20-14)10-13(18)11-17-6-3-5-15-17/h2-6,8,13,18H,7,9-12H2,1H3. The molecule has 0 saturated carbocycles. The van der Waals surface area contributed by atoms with E-state index in [2.05, 4.69) is 10.00 Å². The topological polar surface area (TPSA) is 63.7 Å². The Morgan fingerprint density at radius 1 is 1.50 bits per heavy atom. The van der Waals surface area contributed by atoms with E-state index in [9.17, 15) is 5.11 Å². The van der Waals surface area contributed by atoms with E-state index in [1.54, 1.807) is 24.3 Å². The number of ether oxygens (including phenoxy) is 1. The zero-order valence-corrected chi connectivity index (χ0v) is 11.7. The Morgan fingerprint density at radius 2 is 2.40 bits per heavy atom. The summed E-state index contributed by atoms with van der Waals surface area (Å²) < 4.78 is 12.2. The molecule has 1 unspecified atom stereocenters. The van der Waals surface area contributed by atoms with Crippen LogP contribution in [0.1, 0.15) is 5.76 Å². The molecule has 110 valence electrons. The van der Waals surface area contributed by atoms with E-state index in [4.69, 9.17) is 9.15 Å². The Labute approximate surface area is 118 Å². The predicted molar refractivity (Wildman–Crippen MR) is 74.1 cm³/mol. The number of nitrogens with zero attached hydrogens (tertiary/aromatic N) is 3. The van der Waals surface area contributed by atoms with Gasteiger partial charge in [-0.2, -0.15) is 5.10 Å². The van der Waals surface area contributed by atoms with E-state index in [1.807, 2.05) is 24.4 Å². The zero-order chi connectivity index (χ0) is 14.2. The molecular formula is C14H21N3O3. The number of rotatable bonds is 9. The molecule has 6 heteroatoms. The van der Waals surface area contributed by atoms with Crippen LogP contribution in [0.25, 0.3) is 0 Å². The summed E-state index contributed by atoms with van der Waals surface area (Å²) >= 11 is 0. The maximum absolute atomic E-state index is 10.1. The van der Waals surface area contributed by atoms with E-state index >= 15 is 0 Å². The lowest BCUT2D eigenvalue weighted by molar-refractivity contribution is 0.0701. The Morgan fingerprint density at radius 3 is 3.05 bits per heavy atom. The van der Waals surface area contributed by atoms with Crippen LogP contribution in [0, 0.1) is 0 Å². The first-order valence-electron chi connectivity index (χ1n) is 6.67. The Hall–Kier alpha value is -1.63. The summed E-state index contributed by atoms with van der Waals surface area (Å²) in [4.78, 5) is 2.11. The second-order valence-corrected chi connectivity index (χ2v) is 4.69. The van der Waals surface area contributed by atoms with Crippen LogP contribution in [0.3, 0.4) is 0 Å². The van der Waals surface area contributed by atoms with Gasteiger partial charge in [0.05, 0.1) is 32.1 Å². The summed E-state index contributed by atoms with van der Waals surface area (Å²) in [5.74, 6) is 0.882. The molecule has 0 aliphatic carbocycles.